The molecule has 0 saturated heterocycles. The van der Waals surface area contributed by atoms with E-state index >= 15 is 0 Å². The zero-order chi connectivity index (χ0) is 17.8. The molecular formula is C19H26N4O2. The van der Waals surface area contributed by atoms with Crippen LogP contribution in [-0.4, -0.2) is 33.7 Å². The summed E-state index contributed by atoms with van der Waals surface area (Å²) in [4.78, 5) is 15.7. The maximum Gasteiger partial charge on any atom is 0.233 e. The van der Waals surface area contributed by atoms with Crippen molar-refractivity contribution in [3.8, 4) is 11.7 Å². The zero-order valence-corrected chi connectivity index (χ0v) is 15.1. The summed E-state index contributed by atoms with van der Waals surface area (Å²) in [7, 11) is 0. The van der Waals surface area contributed by atoms with E-state index < -0.39 is 0 Å². The van der Waals surface area contributed by atoms with E-state index in [1.54, 1.807) is 16.8 Å². The molecule has 2 aromatic heterocycles. The highest BCUT2D eigenvalue weighted by molar-refractivity contribution is 5.82. The minimum atomic E-state index is 0.186. The molecule has 0 radical (unpaired) electrons. The minimum absolute atomic E-state index is 0.186. The van der Waals surface area contributed by atoms with Gasteiger partial charge in [-0.15, -0.1) is 5.10 Å². The number of ether oxygens (including phenoxy) is 1. The number of nitrogens with one attached hydrogen (secondary N) is 1. The van der Waals surface area contributed by atoms with Gasteiger partial charge in [0, 0.05) is 18.3 Å². The van der Waals surface area contributed by atoms with E-state index in [2.05, 4.69) is 22.3 Å². The van der Waals surface area contributed by atoms with E-state index in [0.717, 1.165) is 25.2 Å². The summed E-state index contributed by atoms with van der Waals surface area (Å²) in [5.41, 5.74) is 0.538. The first-order valence-electron chi connectivity index (χ1n) is 9.02. The normalized spacial score (nSPS) is 15.2. The second-order valence-corrected chi connectivity index (χ2v) is 6.94. The van der Waals surface area contributed by atoms with Crippen LogP contribution in [0.3, 0.4) is 0 Å². The Kier molecular flexibility index (Phi) is 5.36. The quantitative estimate of drug-likeness (QED) is 0.704. The van der Waals surface area contributed by atoms with Crippen LogP contribution < -0.4 is 10.1 Å². The predicted octanol–water partition coefficient (Wildman–Crippen LogP) is 3.72. The average Bonchev–Trinajstić information content (AvgIpc) is 3.32. The molecule has 1 atom stereocenters. The molecule has 25 heavy (non-hydrogen) atoms. The molecular weight excluding hydrogens is 316 g/mol. The Morgan fingerprint density at radius 1 is 1.36 bits per heavy atom. The lowest BCUT2D eigenvalue weighted by atomic mass is 10.0. The van der Waals surface area contributed by atoms with Crippen LogP contribution in [0.5, 0.6) is 5.88 Å². The molecule has 1 aliphatic carbocycles. The van der Waals surface area contributed by atoms with Crippen molar-refractivity contribution in [1.29, 1.82) is 0 Å². The Morgan fingerprint density at radius 2 is 2.16 bits per heavy atom. The van der Waals surface area contributed by atoms with E-state index in [1.807, 2.05) is 26.1 Å². The van der Waals surface area contributed by atoms with Crippen LogP contribution in [-0.2, 0) is 0 Å². The molecule has 1 aliphatic rings. The molecule has 0 bridgehead atoms. The van der Waals surface area contributed by atoms with E-state index in [4.69, 9.17) is 4.74 Å². The Labute approximate surface area is 148 Å². The van der Waals surface area contributed by atoms with Gasteiger partial charge in [0.15, 0.2) is 12.1 Å². The van der Waals surface area contributed by atoms with Crippen LogP contribution in [0.2, 0.25) is 0 Å². The smallest absolute Gasteiger partial charge is 0.233 e. The molecule has 0 spiro atoms. The molecule has 1 unspecified atom stereocenters. The van der Waals surface area contributed by atoms with Gasteiger partial charge in [0.05, 0.1) is 12.2 Å². The summed E-state index contributed by atoms with van der Waals surface area (Å²) in [5.74, 6) is 3.28. The molecule has 6 nitrogen and oxygen atoms in total. The van der Waals surface area contributed by atoms with Crippen molar-refractivity contribution in [1.82, 2.24) is 14.8 Å². The van der Waals surface area contributed by atoms with Crippen molar-refractivity contribution in [2.45, 2.75) is 46.1 Å². The Hall–Kier alpha value is -2.37. The average molecular weight is 342 g/mol. The third kappa shape index (κ3) is 4.38. The van der Waals surface area contributed by atoms with Gasteiger partial charge in [-0.25, -0.2) is 9.67 Å². The number of carbonyl (C=O) groups is 1. The van der Waals surface area contributed by atoms with Gasteiger partial charge in [0.25, 0.3) is 0 Å². The first-order chi connectivity index (χ1) is 12.1. The Balaban J connectivity index is 1.71. The van der Waals surface area contributed by atoms with Crippen molar-refractivity contribution < 1.29 is 9.53 Å². The first kappa shape index (κ1) is 17.5. The molecule has 134 valence electrons. The van der Waals surface area contributed by atoms with Crippen LogP contribution >= 0.6 is 0 Å². The first-order valence-corrected chi connectivity index (χ1v) is 9.02. The van der Waals surface area contributed by atoms with E-state index in [1.165, 1.54) is 12.8 Å². The maximum absolute atomic E-state index is 11.2. The third-order valence-corrected chi connectivity index (χ3v) is 4.52. The summed E-state index contributed by atoms with van der Waals surface area (Å²) in [6.45, 7) is 6.95. The van der Waals surface area contributed by atoms with E-state index in [0.29, 0.717) is 29.0 Å². The van der Waals surface area contributed by atoms with Crippen molar-refractivity contribution in [2.24, 2.45) is 11.8 Å². The molecule has 0 aromatic carbocycles. The van der Waals surface area contributed by atoms with Gasteiger partial charge in [0.1, 0.15) is 5.82 Å². The molecule has 2 heterocycles. The van der Waals surface area contributed by atoms with Gasteiger partial charge >= 0.3 is 0 Å². The van der Waals surface area contributed by atoms with Gasteiger partial charge in [-0.1, -0.05) is 6.92 Å². The molecule has 0 aliphatic heterocycles. The number of pyridine rings is 1. The summed E-state index contributed by atoms with van der Waals surface area (Å²) >= 11 is 0. The molecule has 2 aromatic rings. The van der Waals surface area contributed by atoms with Crippen molar-refractivity contribution >= 4 is 12.1 Å². The van der Waals surface area contributed by atoms with Gasteiger partial charge in [-0.3, -0.25) is 4.79 Å². The van der Waals surface area contributed by atoms with E-state index in [9.17, 15) is 4.79 Å². The minimum Gasteiger partial charge on any atom is -0.476 e. The number of anilines is 1. The third-order valence-electron chi connectivity index (χ3n) is 4.52. The van der Waals surface area contributed by atoms with Crippen LogP contribution in [0.4, 0.5) is 5.82 Å². The predicted molar refractivity (Wildman–Crippen MR) is 97.5 cm³/mol. The topological polar surface area (TPSA) is 69.0 Å². The summed E-state index contributed by atoms with van der Waals surface area (Å²) in [5, 5.41) is 7.65. The van der Waals surface area contributed by atoms with Crippen LogP contribution in [0, 0.1) is 11.8 Å². The lowest BCUT2D eigenvalue weighted by molar-refractivity contribution is 0.112. The Morgan fingerprint density at radius 3 is 2.80 bits per heavy atom. The summed E-state index contributed by atoms with van der Waals surface area (Å²) in [6, 6.07) is 5.57. The monoisotopic (exact) mass is 342 g/mol. The molecule has 6 heteroatoms. The molecule has 0 amide bonds. The second kappa shape index (κ2) is 7.68. The number of rotatable bonds is 9. The van der Waals surface area contributed by atoms with E-state index in [-0.39, 0.29) is 6.04 Å². The molecule has 1 N–H and O–H groups in total. The van der Waals surface area contributed by atoms with Gasteiger partial charge in [-0.05, 0) is 57.1 Å². The number of nitrogens with zero attached hydrogens (tertiary/aromatic N) is 3. The number of carbonyl (C=O) groups excluding carboxylic acids is 1. The largest absolute Gasteiger partial charge is 0.476 e. The van der Waals surface area contributed by atoms with Crippen LogP contribution in [0.25, 0.3) is 5.82 Å². The molecule has 1 saturated carbocycles. The van der Waals surface area contributed by atoms with Crippen molar-refractivity contribution in [3.05, 3.63) is 30.0 Å². The number of hydrogen-bond acceptors (Lipinski definition) is 5. The SMILES string of the molecule is CCC(COc1ccn(-c2ccc(C=O)c(NC(C)C)n2)n1)C1CC1. The lowest BCUT2D eigenvalue weighted by Crippen LogP contribution is -2.14. The second-order valence-electron chi connectivity index (χ2n) is 6.94. The van der Waals surface area contributed by atoms with Crippen LogP contribution in [0.1, 0.15) is 50.4 Å². The van der Waals surface area contributed by atoms with Crippen molar-refractivity contribution in [3.63, 3.8) is 0 Å². The zero-order valence-electron chi connectivity index (χ0n) is 15.1. The molecule has 1 fully saturated rings. The number of hydrogen-bond donors (Lipinski definition) is 1. The fourth-order valence-corrected chi connectivity index (χ4v) is 2.93. The van der Waals surface area contributed by atoms with Gasteiger partial charge in [0.2, 0.25) is 5.88 Å². The van der Waals surface area contributed by atoms with Gasteiger partial charge < -0.3 is 10.1 Å². The fraction of sp³-hybridized carbons (Fsp3) is 0.526. The van der Waals surface area contributed by atoms with Gasteiger partial charge in [-0.2, -0.15) is 0 Å². The standard InChI is InChI=1S/C19H26N4O2/c1-4-14(15-5-6-15)12-25-18-9-10-23(22-18)17-8-7-16(11-24)19(21-17)20-13(2)3/h7-11,13-15H,4-6,12H2,1-3H3,(H,20,21). The Bertz CT molecular complexity index is 722. The fourth-order valence-electron chi connectivity index (χ4n) is 2.93. The van der Waals surface area contributed by atoms with Crippen LogP contribution in [0.15, 0.2) is 24.4 Å². The summed E-state index contributed by atoms with van der Waals surface area (Å²) < 4.78 is 7.54. The number of aldehydes is 1. The summed E-state index contributed by atoms with van der Waals surface area (Å²) in [6.07, 6.45) is 6.44. The lowest BCUT2D eigenvalue weighted by Gasteiger charge is -2.13. The molecule has 3 rings (SSSR count). The highest BCUT2D eigenvalue weighted by atomic mass is 16.5. The van der Waals surface area contributed by atoms with Crippen molar-refractivity contribution in [2.75, 3.05) is 11.9 Å². The maximum atomic E-state index is 11.2. The number of aromatic nitrogens is 3. The highest BCUT2D eigenvalue weighted by Crippen LogP contribution is 2.38. The highest BCUT2D eigenvalue weighted by Gasteiger charge is 2.30.